The van der Waals surface area contributed by atoms with Crippen LogP contribution < -0.4 is 15.1 Å². The first-order valence-electron chi connectivity index (χ1n) is 7.77. The molecule has 9 nitrogen and oxygen atoms in total. The molecule has 25 heavy (non-hydrogen) atoms. The molecule has 136 valence electrons. The van der Waals surface area contributed by atoms with Gasteiger partial charge in [0.05, 0.1) is 28.0 Å². The maximum absolute atomic E-state index is 12.6. The number of hydrogen-bond donors (Lipinski definition) is 3. The van der Waals surface area contributed by atoms with Crippen LogP contribution >= 0.6 is 12.8 Å². The highest BCUT2D eigenvalue weighted by Gasteiger charge is 2.35. The zero-order chi connectivity index (χ0) is 18.0. The second-order valence-corrected chi connectivity index (χ2v) is 8.11. The predicted molar refractivity (Wildman–Crippen MR) is 101 cm³/mol. The van der Waals surface area contributed by atoms with Crippen LogP contribution in [-0.4, -0.2) is 55.8 Å². The summed E-state index contributed by atoms with van der Waals surface area (Å²) in [4.78, 5) is 36.0. The molecule has 2 fully saturated rings. The van der Waals surface area contributed by atoms with Crippen LogP contribution in [-0.2, 0) is 25.9 Å². The van der Waals surface area contributed by atoms with Gasteiger partial charge in [-0.15, -0.1) is 0 Å². The van der Waals surface area contributed by atoms with Gasteiger partial charge in [-0.1, -0.05) is 12.8 Å². The molecule has 3 amide bonds. The van der Waals surface area contributed by atoms with Gasteiger partial charge in [-0.25, -0.2) is 14.8 Å². The lowest BCUT2D eigenvalue weighted by atomic mass is 10.1. The molecular weight excluding hydrogens is 384 g/mol. The zero-order valence-electron chi connectivity index (χ0n) is 13.2. The van der Waals surface area contributed by atoms with E-state index in [2.05, 4.69) is 28.1 Å². The molecule has 2 atom stereocenters. The molecule has 0 saturated carbocycles. The van der Waals surface area contributed by atoms with Crippen molar-refractivity contribution in [2.45, 2.75) is 25.3 Å². The normalized spacial score (nSPS) is 22.9. The first kappa shape index (κ1) is 18.5. The number of amides is 3. The van der Waals surface area contributed by atoms with Crippen molar-refractivity contribution in [1.29, 1.82) is 0 Å². The third-order valence-electron chi connectivity index (χ3n) is 4.09. The van der Waals surface area contributed by atoms with Gasteiger partial charge in [0.2, 0.25) is 11.9 Å². The highest BCUT2D eigenvalue weighted by molar-refractivity contribution is 8.27. The van der Waals surface area contributed by atoms with E-state index in [9.17, 15) is 14.1 Å². The molecule has 0 bridgehead atoms. The van der Waals surface area contributed by atoms with Crippen LogP contribution in [0.2, 0.25) is 0 Å². The highest BCUT2D eigenvalue weighted by atomic mass is 32.8. The van der Waals surface area contributed by atoms with Crippen LogP contribution in [0.4, 0.5) is 16.4 Å². The monoisotopic (exact) mass is 402 g/mol. The lowest BCUT2D eigenvalue weighted by molar-refractivity contribution is -0.122. The van der Waals surface area contributed by atoms with E-state index in [4.69, 9.17) is 11.2 Å². The number of piperidine rings is 1. The fourth-order valence-corrected chi connectivity index (χ4v) is 3.78. The van der Waals surface area contributed by atoms with Gasteiger partial charge in [-0.2, -0.15) is 3.71 Å². The van der Waals surface area contributed by atoms with Gasteiger partial charge in [-0.05, 0) is 30.5 Å². The van der Waals surface area contributed by atoms with Crippen LogP contribution in [0.3, 0.4) is 0 Å². The number of nitrogens with one attached hydrogen (secondary N) is 1. The molecule has 2 aliphatic heterocycles. The molecule has 12 heteroatoms. The van der Waals surface area contributed by atoms with E-state index in [1.54, 1.807) is 4.90 Å². The van der Waals surface area contributed by atoms with E-state index in [0.29, 0.717) is 31.7 Å². The average Bonchev–Trinajstić information content (AvgIpc) is 2.62. The van der Waals surface area contributed by atoms with Gasteiger partial charge in [0.1, 0.15) is 6.04 Å². The molecule has 0 aliphatic carbocycles. The summed E-state index contributed by atoms with van der Waals surface area (Å²) >= 11 is 8.91. The van der Waals surface area contributed by atoms with Gasteiger partial charge in [-0.3, -0.25) is 14.6 Å². The average molecular weight is 403 g/mol. The first-order valence-corrected chi connectivity index (χ1v) is 10.2. The standard InChI is InChI=1S/C13H18N6O3S3/c20-11-10(19(23)25(22)24)3-1-5-18(11)12-15-7-9(8-16-12)17-6-2-4-14-13(17)21/h7-8,10,23H,1-6H2,(H,14,21)(H,22,24). The van der Waals surface area contributed by atoms with Crippen LogP contribution in [0.25, 0.3) is 0 Å². The Hall–Kier alpha value is -1.34. The van der Waals surface area contributed by atoms with Crippen molar-refractivity contribution >= 4 is 57.5 Å². The Balaban J connectivity index is 1.76. The lowest BCUT2D eigenvalue weighted by Gasteiger charge is -2.34. The van der Waals surface area contributed by atoms with Crippen LogP contribution in [0, 0.1) is 0 Å². The van der Waals surface area contributed by atoms with E-state index >= 15 is 0 Å². The Labute approximate surface area is 157 Å². The van der Waals surface area contributed by atoms with Crippen molar-refractivity contribution < 1.29 is 14.1 Å². The minimum absolute atomic E-state index is 0.178. The SMILES string of the molecule is O=C1NCCCN1c1cnc(N2CCCC(N(S)S(O)=S)C2=O)nc1. The van der Waals surface area contributed by atoms with E-state index in [1.165, 1.54) is 21.0 Å². The molecule has 1 aromatic rings. The number of nitrogens with zero attached hydrogens (tertiary/aromatic N) is 5. The first-order chi connectivity index (χ1) is 12.0. The number of hydrogen-bond acceptors (Lipinski definition) is 6. The molecule has 0 aromatic carbocycles. The second-order valence-electron chi connectivity index (χ2n) is 5.66. The highest BCUT2D eigenvalue weighted by Crippen LogP contribution is 2.24. The van der Waals surface area contributed by atoms with Gasteiger partial charge < -0.3 is 9.87 Å². The van der Waals surface area contributed by atoms with E-state index < -0.39 is 16.0 Å². The molecule has 1 aromatic heterocycles. The van der Waals surface area contributed by atoms with E-state index in [-0.39, 0.29) is 17.9 Å². The minimum atomic E-state index is -1.52. The molecular formula is C13H18N6O3S3. The Morgan fingerprint density at radius 3 is 2.60 bits per heavy atom. The molecule has 3 heterocycles. The fourth-order valence-electron chi connectivity index (χ4n) is 2.84. The smallest absolute Gasteiger partial charge is 0.321 e. The lowest BCUT2D eigenvalue weighted by Crippen LogP contribution is -2.50. The Kier molecular flexibility index (Phi) is 5.84. The number of urea groups is 1. The third kappa shape index (κ3) is 3.92. The van der Waals surface area contributed by atoms with Crippen molar-refractivity contribution in [2.75, 3.05) is 29.4 Å². The summed E-state index contributed by atoms with van der Waals surface area (Å²) in [6, 6.07) is -0.790. The van der Waals surface area contributed by atoms with Crippen molar-refractivity contribution in [1.82, 2.24) is 19.0 Å². The largest absolute Gasteiger partial charge is 0.338 e. The Morgan fingerprint density at radius 1 is 1.28 bits per heavy atom. The summed E-state index contributed by atoms with van der Waals surface area (Å²) in [5, 5.41) is 2.76. The summed E-state index contributed by atoms with van der Waals surface area (Å²) < 4.78 is 10.7. The molecule has 2 aliphatic rings. The summed E-state index contributed by atoms with van der Waals surface area (Å²) in [5.41, 5.74) is 0.584. The van der Waals surface area contributed by atoms with Crippen molar-refractivity contribution in [2.24, 2.45) is 0 Å². The Bertz CT molecular complexity index is 688. The summed E-state index contributed by atoms with van der Waals surface area (Å²) in [7, 11) is -1.52. The quantitative estimate of drug-likeness (QED) is 0.631. The summed E-state index contributed by atoms with van der Waals surface area (Å²) in [5.74, 6) is 0.0147. The molecule has 2 N–H and O–H groups in total. The predicted octanol–water partition coefficient (Wildman–Crippen LogP) is 0.507. The number of rotatable bonds is 4. The number of carbonyl (C=O) groups excluding carboxylic acids is 2. The third-order valence-corrected chi connectivity index (χ3v) is 6.23. The molecule has 0 radical (unpaired) electrons. The van der Waals surface area contributed by atoms with E-state index in [1.807, 2.05) is 0 Å². The zero-order valence-corrected chi connectivity index (χ0v) is 15.8. The number of anilines is 2. The minimum Gasteiger partial charge on any atom is -0.338 e. The van der Waals surface area contributed by atoms with Crippen molar-refractivity contribution in [3.63, 3.8) is 0 Å². The number of carbonyl (C=O) groups is 2. The number of aromatic nitrogens is 2. The van der Waals surface area contributed by atoms with Crippen molar-refractivity contribution in [3.8, 4) is 0 Å². The van der Waals surface area contributed by atoms with Crippen LogP contribution in [0.15, 0.2) is 12.4 Å². The van der Waals surface area contributed by atoms with Gasteiger partial charge >= 0.3 is 6.03 Å². The fraction of sp³-hybridized carbons (Fsp3) is 0.538. The second kappa shape index (κ2) is 7.91. The van der Waals surface area contributed by atoms with Crippen LogP contribution in [0.5, 0.6) is 0 Å². The van der Waals surface area contributed by atoms with Gasteiger partial charge in [0.15, 0.2) is 0 Å². The van der Waals surface area contributed by atoms with E-state index in [0.717, 1.165) is 12.8 Å². The maximum Gasteiger partial charge on any atom is 0.321 e. The molecule has 2 unspecified atom stereocenters. The topological polar surface area (TPSA) is 102 Å². The number of thiol groups is 1. The maximum atomic E-state index is 12.6. The van der Waals surface area contributed by atoms with Crippen LogP contribution in [0.1, 0.15) is 19.3 Å². The Morgan fingerprint density at radius 2 is 1.96 bits per heavy atom. The molecule has 0 spiro atoms. The van der Waals surface area contributed by atoms with Gasteiger partial charge in [0, 0.05) is 19.6 Å². The summed E-state index contributed by atoms with van der Waals surface area (Å²) in [6.45, 7) is 1.75. The van der Waals surface area contributed by atoms with Gasteiger partial charge in [0.25, 0.3) is 0 Å². The summed E-state index contributed by atoms with van der Waals surface area (Å²) in [6.07, 6.45) is 5.20. The molecule has 2 saturated heterocycles. The van der Waals surface area contributed by atoms with Crippen molar-refractivity contribution in [3.05, 3.63) is 12.4 Å². The molecule has 3 rings (SSSR count).